The van der Waals surface area contributed by atoms with Gasteiger partial charge in [-0.25, -0.2) is 0 Å². The van der Waals surface area contributed by atoms with Crippen LogP contribution < -0.4 is 0 Å². The van der Waals surface area contributed by atoms with Crippen LogP contribution in [0.3, 0.4) is 0 Å². The predicted octanol–water partition coefficient (Wildman–Crippen LogP) is 8.93. The molecule has 0 fully saturated rings. The number of aryl methyl sites for hydroxylation is 1. The van der Waals surface area contributed by atoms with E-state index >= 15 is 0 Å². The van der Waals surface area contributed by atoms with Crippen LogP contribution in [-0.4, -0.2) is 4.57 Å². The highest BCUT2D eigenvalue weighted by Gasteiger charge is 2.30. The van der Waals surface area contributed by atoms with Gasteiger partial charge in [-0.1, -0.05) is 72.8 Å². The third-order valence-corrected chi connectivity index (χ3v) is 6.56. The maximum atomic E-state index is 13.2. The van der Waals surface area contributed by atoms with Crippen molar-refractivity contribution in [3.05, 3.63) is 114 Å². The van der Waals surface area contributed by atoms with Crippen molar-refractivity contribution in [3.8, 4) is 16.8 Å². The van der Waals surface area contributed by atoms with E-state index in [9.17, 15) is 13.2 Å². The first kappa shape index (κ1) is 20.5. The summed E-state index contributed by atoms with van der Waals surface area (Å²) in [6.45, 7) is 1.74. The fourth-order valence-corrected chi connectivity index (χ4v) is 5.05. The molecule has 0 radical (unpaired) electrons. The van der Waals surface area contributed by atoms with Crippen molar-refractivity contribution in [1.82, 2.24) is 4.57 Å². The lowest BCUT2D eigenvalue weighted by Gasteiger charge is -2.16. The summed E-state index contributed by atoms with van der Waals surface area (Å²) < 4.78 is 41.9. The molecule has 5 aromatic carbocycles. The molecular weight excluding hydrogens is 431 g/mol. The molecule has 0 saturated carbocycles. The highest BCUT2D eigenvalue weighted by Crippen LogP contribution is 2.39. The first-order valence-corrected chi connectivity index (χ1v) is 11.1. The number of para-hydroxylation sites is 2. The molecule has 0 aliphatic heterocycles. The Labute approximate surface area is 194 Å². The molecule has 0 aliphatic carbocycles. The van der Waals surface area contributed by atoms with Crippen molar-refractivity contribution in [1.29, 1.82) is 0 Å². The summed E-state index contributed by atoms with van der Waals surface area (Å²) in [6, 6.07) is 32.9. The molecule has 0 unspecified atom stereocenters. The van der Waals surface area contributed by atoms with Crippen molar-refractivity contribution in [3.63, 3.8) is 0 Å². The van der Waals surface area contributed by atoms with Gasteiger partial charge >= 0.3 is 6.18 Å². The van der Waals surface area contributed by atoms with Crippen molar-refractivity contribution < 1.29 is 13.2 Å². The molecular formula is C30H20F3N. The van der Waals surface area contributed by atoms with Crippen LogP contribution in [0.4, 0.5) is 13.2 Å². The van der Waals surface area contributed by atoms with E-state index in [-0.39, 0.29) is 0 Å². The lowest BCUT2D eigenvalue weighted by atomic mass is 9.93. The van der Waals surface area contributed by atoms with Crippen LogP contribution in [0.5, 0.6) is 0 Å². The van der Waals surface area contributed by atoms with E-state index in [1.807, 2.05) is 48.5 Å². The van der Waals surface area contributed by atoms with Gasteiger partial charge in [0.2, 0.25) is 0 Å². The molecule has 1 nitrogen and oxygen atoms in total. The summed E-state index contributed by atoms with van der Waals surface area (Å²) in [5, 5.41) is 4.42. The second-order valence-corrected chi connectivity index (χ2v) is 8.58. The molecule has 6 aromatic rings. The van der Waals surface area contributed by atoms with Gasteiger partial charge in [-0.3, -0.25) is 0 Å². The molecule has 0 atom stereocenters. The minimum atomic E-state index is -4.36. The quantitative estimate of drug-likeness (QED) is 0.248. The standard InChI is InChI=1S/C30H20F3N/c1-19-18-20(30(31,32)33)16-17-21(19)22-10-6-12-24-23(22)11-7-15-29(24)34-27-13-4-2-8-25(27)26-9-3-5-14-28(26)34/h2-18H,1H3. The zero-order valence-electron chi connectivity index (χ0n) is 18.4. The Hall–Kier alpha value is -4.05. The number of benzene rings is 5. The summed E-state index contributed by atoms with van der Waals surface area (Å²) in [6.07, 6.45) is -4.36. The van der Waals surface area contributed by atoms with Crippen LogP contribution in [-0.2, 0) is 6.18 Å². The first-order chi connectivity index (χ1) is 16.4. The van der Waals surface area contributed by atoms with Gasteiger partial charge < -0.3 is 4.57 Å². The summed E-state index contributed by atoms with van der Waals surface area (Å²) in [5.41, 5.74) is 4.98. The first-order valence-electron chi connectivity index (χ1n) is 11.1. The maximum Gasteiger partial charge on any atom is 0.416 e. The molecule has 166 valence electrons. The van der Waals surface area contributed by atoms with Crippen LogP contribution >= 0.6 is 0 Å². The average Bonchev–Trinajstić information content (AvgIpc) is 3.17. The highest BCUT2D eigenvalue weighted by molar-refractivity contribution is 6.11. The number of halogens is 3. The summed E-state index contributed by atoms with van der Waals surface area (Å²) in [7, 11) is 0. The van der Waals surface area contributed by atoms with Crippen molar-refractivity contribution in [2.75, 3.05) is 0 Å². The predicted molar refractivity (Wildman–Crippen MR) is 133 cm³/mol. The van der Waals surface area contributed by atoms with Gasteiger partial charge in [-0.05, 0) is 59.3 Å². The second kappa shape index (κ2) is 7.49. The summed E-state index contributed by atoms with van der Waals surface area (Å²) in [4.78, 5) is 0. The van der Waals surface area contributed by atoms with Crippen molar-refractivity contribution >= 4 is 32.6 Å². The molecule has 0 bridgehead atoms. The number of rotatable bonds is 2. The van der Waals surface area contributed by atoms with E-state index in [1.54, 1.807) is 13.0 Å². The third-order valence-electron chi connectivity index (χ3n) is 6.56. The van der Waals surface area contributed by atoms with Crippen LogP contribution in [0.25, 0.3) is 49.4 Å². The fourth-order valence-electron chi connectivity index (χ4n) is 5.05. The van der Waals surface area contributed by atoms with E-state index in [1.165, 1.54) is 16.8 Å². The molecule has 4 heteroatoms. The minimum Gasteiger partial charge on any atom is -0.309 e. The number of aromatic nitrogens is 1. The highest BCUT2D eigenvalue weighted by atomic mass is 19.4. The van der Waals surface area contributed by atoms with Crippen LogP contribution in [0, 0.1) is 6.92 Å². The topological polar surface area (TPSA) is 4.93 Å². The van der Waals surface area contributed by atoms with E-state index in [4.69, 9.17) is 0 Å². The smallest absolute Gasteiger partial charge is 0.309 e. The SMILES string of the molecule is Cc1cc(C(F)(F)F)ccc1-c1cccc2c(-n3c4ccccc4c4ccccc43)cccc12. The summed E-state index contributed by atoms with van der Waals surface area (Å²) >= 11 is 0. The molecule has 0 aliphatic rings. The lowest BCUT2D eigenvalue weighted by molar-refractivity contribution is -0.137. The zero-order valence-corrected chi connectivity index (χ0v) is 18.4. The van der Waals surface area contributed by atoms with Crippen molar-refractivity contribution in [2.45, 2.75) is 13.1 Å². The Bertz CT molecular complexity index is 1650. The van der Waals surface area contributed by atoms with Gasteiger partial charge in [0.05, 0.1) is 22.3 Å². The lowest BCUT2D eigenvalue weighted by Crippen LogP contribution is -2.05. The number of nitrogens with zero attached hydrogens (tertiary/aromatic N) is 1. The van der Waals surface area contributed by atoms with Crippen LogP contribution in [0.2, 0.25) is 0 Å². The Kier molecular flexibility index (Phi) is 4.53. The molecule has 1 heterocycles. The van der Waals surface area contributed by atoms with Gasteiger partial charge in [0.15, 0.2) is 0 Å². The number of hydrogen-bond acceptors (Lipinski definition) is 0. The molecule has 0 spiro atoms. The number of fused-ring (bicyclic) bond motifs is 4. The Morgan fingerprint density at radius 2 is 1.15 bits per heavy atom. The van der Waals surface area contributed by atoms with E-state index in [0.29, 0.717) is 5.56 Å². The van der Waals surface area contributed by atoms with E-state index < -0.39 is 11.7 Å². The molecule has 0 saturated heterocycles. The molecule has 6 rings (SSSR count). The Balaban J connectivity index is 1.64. The normalized spacial score (nSPS) is 12.1. The van der Waals surface area contributed by atoms with E-state index in [0.717, 1.165) is 44.7 Å². The van der Waals surface area contributed by atoms with Gasteiger partial charge in [0, 0.05) is 16.2 Å². The van der Waals surface area contributed by atoms with Gasteiger partial charge in [-0.2, -0.15) is 13.2 Å². The molecule has 0 amide bonds. The fraction of sp³-hybridized carbons (Fsp3) is 0.0667. The monoisotopic (exact) mass is 451 g/mol. The Morgan fingerprint density at radius 1 is 0.559 bits per heavy atom. The molecule has 1 aromatic heterocycles. The van der Waals surface area contributed by atoms with Gasteiger partial charge in [-0.15, -0.1) is 0 Å². The number of alkyl halides is 3. The molecule has 34 heavy (non-hydrogen) atoms. The van der Waals surface area contributed by atoms with Crippen molar-refractivity contribution in [2.24, 2.45) is 0 Å². The van der Waals surface area contributed by atoms with E-state index in [2.05, 4.69) is 41.0 Å². The van der Waals surface area contributed by atoms with Gasteiger partial charge in [0.25, 0.3) is 0 Å². The molecule has 0 N–H and O–H groups in total. The zero-order chi connectivity index (χ0) is 23.4. The largest absolute Gasteiger partial charge is 0.416 e. The summed E-state index contributed by atoms with van der Waals surface area (Å²) in [5.74, 6) is 0. The second-order valence-electron chi connectivity index (χ2n) is 8.58. The van der Waals surface area contributed by atoms with Gasteiger partial charge in [0.1, 0.15) is 0 Å². The minimum absolute atomic E-state index is 0.601. The average molecular weight is 451 g/mol. The van der Waals surface area contributed by atoms with Crippen LogP contribution in [0.1, 0.15) is 11.1 Å². The number of hydrogen-bond donors (Lipinski definition) is 0. The Morgan fingerprint density at radius 3 is 1.79 bits per heavy atom. The maximum absolute atomic E-state index is 13.2. The third kappa shape index (κ3) is 3.10. The van der Waals surface area contributed by atoms with Crippen LogP contribution in [0.15, 0.2) is 103 Å².